The maximum absolute atomic E-state index is 5.78. The molecule has 8 nitrogen and oxygen atoms in total. The molecule has 0 saturated carbocycles. The van der Waals surface area contributed by atoms with Gasteiger partial charge in [0.05, 0.1) is 12.8 Å². The van der Waals surface area contributed by atoms with Crippen LogP contribution in [0.25, 0.3) is 17.2 Å². The van der Waals surface area contributed by atoms with Crippen molar-refractivity contribution in [2.24, 2.45) is 7.05 Å². The zero-order chi connectivity index (χ0) is 18.4. The number of aryl methyl sites for hydroxylation is 2. The summed E-state index contributed by atoms with van der Waals surface area (Å²) < 4.78 is 20.7. The first-order valence-electron chi connectivity index (χ1n) is 9.14. The molecule has 3 aromatic rings. The van der Waals surface area contributed by atoms with Crippen LogP contribution in [0.5, 0.6) is 11.5 Å². The summed E-state index contributed by atoms with van der Waals surface area (Å²) in [5.41, 5.74) is 2.03. The van der Waals surface area contributed by atoms with E-state index in [0.717, 1.165) is 53.1 Å². The van der Waals surface area contributed by atoms with Crippen molar-refractivity contribution < 1.29 is 14.2 Å². The van der Waals surface area contributed by atoms with Crippen molar-refractivity contribution in [2.45, 2.75) is 19.3 Å². The normalized spacial score (nSPS) is 18.8. The molecule has 1 saturated heterocycles. The minimum Gasteiger partial charge on any atom is -0.486 e. The van der Waals surface area contributed by atoms with E-state index in [2.05, 4.69) is 5.10 Å². The number of benzene rings is 1. The third-order valence-electron chi connectivity index (χ3n) is 5.06. The fourth-order valence-electron chi connectivity index (χ4n) is 3.58. The van der Waals surface area contributed by atoms with E-state index < -0.39 is 0 Å². The van der Waals surface area contributed by atoms with Gasteiger partial charge in [-0.15, -0.1) is 5.10 Å². The Kier molecular flexibility index (Phi) is 3.86. The highest BCUT2D eigenvalue weighted by Crippen LogP contribution is 2.38. The highest BCUT2D eigenvalue weighted by atomic mass is 16.6. The second-order valence-corrected chi connectivity index (χ2v) is 6.89. The van der Waals surface area contributed by atoms with Gasteiger partial charge in [-0.25, -0.2) is 4.98 Å². The van der Waals surface area contributed by atoms with Crippen LogP contribution >= 0.6 is 0 Å². The molecule has 0 radical (unpaired) electrons. The van der Waals surface area contributed by atoms with Crippen molar-refractivity contribution in [3.63, 3.8) is 0 Å². The highest BCUT2D eigenvalue weighted by Gasteiger charge is 2.27. The van der Waals surface area contributed by atoms with Crippen molar-refractivity contribution in [3.8, 4) is 28.7 Å². The van der Waals surface area contributed by atoms with Gasteiger partial charge in [-0.1, -0.05) is 0 Å². The summed E-state index contributed by atoms with van der Waals surface area (Å²) in [4.78, 5) is 4.90. The molecule has 1 unspecified atom stereocenters. The Hall–Kier alpha value is -2.87. The average molecular weight is 367 g/mol. The van der Waals surface area contributed by atoms with E-state index in [0.29, 0.717) is 19.8 Å². The van der Waals surface area contributed by atoms with Crippen LogP contribution in [0.2, 0.25) is 0 Å². The molecule has 4 heterocycles. The lowest BCUT2D eigenvalue weighted by Crippen LogP contribution is -2.15. The third kappa shape index (κ3) is 2.76. The van der Waals surface area contributed by atoms with Crippen LogP contribution < -0.4 is 9.47 Å². The molecule has 1 aromatic carbocycles. The number of fused-ring (bicyclic) bond motifs is 1. The molecule has 27 heavy (non-hydrogen) atoms. The van der Waals surface area contributed by atoms with Gasteiger partial charge < -0.3 is 14.2 Å². The summed E-state index contributed by atoms with van der Waals surface area (Å²) in [5, 5.41) is 9.10. The molecule has 5 rings (SSSR count). The summed E-state index contributed by atoms with van der Waals surface area (Å²) in [6.07, 6.45) is 2.70. The SMILES string of the molecule is Cc1cc2c(cc1-c1nc(C3CCOC3)nn1-c1ccnn1C)OCCO2. The van der Waals surface area contributed by atoms with Gasteiger partial charge in [-0.2, -0.15) is 9.78 Å². The molecule has 8 heteroatoms. The van der Waals surface area contributed by atoms with Crippen LogP contribution in [0.1, 0.15) is 23.7 Å². The van der Waals surface area contributed by atoms with Gasteiger partial charge in [0.1, 0.15) is 13.2 Å². The molecule has 2 aromatic heterocycles. The second-order valence-electron chi connectivity index (χ2n) is 6.89. The maximum atomic E-state index is 5.78. The number of nitrogens with zero attached hydrogens (tertiary/aromatic N) is 5. The van der Waals surface area contributed by atoms with Crippen LogP contribution in [0.4, 0.5) is 0 Å². The Morgan fingerprint density at radius 1 is 1.11 bits per heavy atom. The van der Waals surface area contributed by atoms with E-state index in [1.807, 2.05) is 36.9 Å². The lowest BCUT2D eigenvalue weighted by atomic mass is 10.1. The molecule has 0 aliphatic carbocycles. The average Bonchev–Trinajstić information content (AvgIpc) is 3.41. The van der Waals surface area contributed by atoms with Gasteiger partial charge in [-0.3, -0.25) is 4.68 Å². The maximum Gasteiger partial charge on any atom is 0.165 e. The first kappa shape index (κ1) is 16.3. The van der Waals surface area contributed by atoms with Gasteiger partial charge >= 0.3 is 0 Å². The zero-order valence-corrected chi connectivity index (χ0v) is 15.4. The van der Waals surface area contributed by atoms with Gasteiger partial charge in [0.2, 0.25) is 0 Å². The van der Waals surface area contributed by atoms with Crippen molar-refractivity contribution in [2.75, 3.05) is 26.4 Å². The van der Waals surface area contributed by atoms with Crippen molar-refractivity contribution in [1.29, 1.82) is 0 Å². The van der Waals surface area contributed by atoms with E-state index in [4.69, 9.17) is 24.3 Å². The second kappa shape index (κ2) is 6.38. The van der Waals surface area contributed by atoms with Crippen LogP contribution in [0, 0.1) is 6.92 Å². The minimum absolute atomic E-state index is 0.218. The Labute approximate surface area is 156 Å². The van der Waals surface area contributed by atoms with Gasteiger partial charge in [0.25, 0.3) is 0 Å². The Balaban J connectivity index is 1.68. The predicted octanol–water partition coefficient (Wildman–Crippen LogP) is 2.25. The summed E-state index contributed by atoms with van der Waals surface area (Å²) in [5.74, 6) is 4.17. The van der Waals surface area contributed by atoms with E-state index in [-0.39, 0.29) is 5.92 Å². The quantitative estimate of drug-likeness (QED) is 0.707. The first-order valence-corrected chi connectivity index (χ1v) is 9.14. The number of aromatic nitrogens is 5. The fourth-order valence-corrected chi connectivity index (χ4v) is 3.58. The Bertz CT molecular complexity index is 987. The van der Waals surface area contributed by atoms with Crippen LogP contribution in [-0.4, -0.2) is 51.0 Å². The number of hydrogen-bond donors (Lipinski definition) is 0. The Morgan fingerprint density at radius 3 is 2.63 bits per heavy atom. The molecule has 1 fully saturated rings. The van der Waals surface area contributed by atoms with E-state index in [1.54, 1.807) is 10.9 Å². The summed E-state index contributed by atoms with van der Waals surface area (Å²) in [7, 11) is 1.90. The molecule has 0 amide bonds. The molecular weight excluding hydrogens is 346 g/mol. The van der Waals surface area contributed by atoms with Gasteiger partial charge in [0.15, 0.2) is 29.0 Å². The zero-order valence-electron chi connectivity index (χ0n) is 15.4. The minimum atomic E-state index is 0.218. The fraction of sp³-hybridized carbons (Fsp3) is 0.421. The molecule has 2 aliphatic heterocycles. The van der Waals surface area contributed by atoms with Gasteiger partial charge in [-0.05, 0) is 31.0 Å². The highest BCUT2D eigenvalue weighted by molar-refractivity contribution is 5.67. The number of ether oxygens (including phenoxy) is 3. The van der Waals surface area contributed by atoms with Crippen molar-refractivity contribution in [1.82, 2.24) is 24.5 Å². The first-order chi connectivity index (χ1) is 13.2. The van der Waals surface area contributed by atoms with Crippen molar-refractivity contribution in [3.05, 3.63) is 35.8 Å². The smallest absolute Gasteiger partial charge is 0.165 e. The van der Waals surface area contributed by atoms with E-state index >= 15 is 0 Å². The molecule has 0 N–H and O–H groups in total. The third-order valence-corrected chi connectivity index (χ3v) is 5.06. The van der Waals surface area contributed by atoms with Crippen LogP contribution in [-0.2, 0) is 11.8 Å². The number of rotatable bonds is 3. The summed E-state index contributed by atoms with van der Waals surface area (Å²) >= 11 is 0. The van der Waals surface area contributed by atoms with E-state index in [1.165, 1.54) is 0 Å². The monoisotopic (exact) mass is 367 g/mol. The standard InChI is InChI=1S/C19H21N5O3/c1-12-9-15-16(27-8-7-26-15)10-14(12)19-21-18(13-4-6-25-11-13)22-24(19)17-3-5-20-23(17)2/h3,5,9-10,13H,4,6-8,11H2,1-2H3. The topological polar surface area (TPSA) is 76.2 Å². The summed E-state index contributed by atoms with van der Waals surface area (Å²) in [6.45, 7) is 4.59. The molecular formula is C19H21N5O3. The number of hydrogen-bond acceptors (Lipinski definition) is 6. The van der Waals surface area contributed by atoms with Crippen LogP contribution in [0.3, 0.4) is 0 Å². The van der Waals surface area contributed by atoms with E-state index in [9.17, 15) is 0 Å². The molecule has 0 bridgehead atoms. The lowest BCUT2D eigenvalue weighted by molar-refractivity contribution is 0.171. The predicted molar refractivity (Wildman–Crippen MR) is 97.5 cm³/mol. The van der Waals surface area contributed by atoms with Crippen LogP contribution in [0.15, 0.2) is 24.4 Å². The largest absolute Gasteiger partial charge is 0.486 e. The molecule has 140 valence electrons. The van der Waals surface area contributed by atoms with Crippen molar-refractivity contribution >= 4 is 0 Å². The molecule has 1 atom stereocenters. The summed E-state index contributed by atoms with van der Waals surface area (Å²) in [6, 6.07) is 5.93. The lowest BCUT2D eigenvalue weighted by Gasteiger charge is -2.20. The molecule has 2 aliphatic rings. The Morgan fingerprint density at radius 2 is 1.93 bits per heavy atom. The van der Waals surface area contributed by atoms with Gasteiger partial charge in [0, 0.05) is 31.2 Å². The molecule has 0 spiro atoms.